The lowest BCUT2D eigenvalue weighted by atomic mass is 10.3. The van der Waals surface area contributed by atoms with E-state index in [2.05, 4.69) is 15.9 Å². The quantitative estimate of drug-likeness (QED) is 0.885. The first-order valence-electron chi connectivity index (χ1n) is 4.51. The molecule has 2 N–H and O–H groups in total. The van der Waals surface area contributed by atoms with Crippen LogP contribution in [0.4, 0.5) is 0 Å². The van der Waals surface area contributed by atoms with Gasteiger partial charge in [-0.05, 0) is 34.5 Å². The maximum Gasteiger partial charge on any atom is 0.252 e. The SMILES string of the molecule is Cl.NC1CCN(S(=O)(=O)c2ccc(Br)s2)C1. The average Bonchev–Trinajstić information content (AvgIpc) is 2.74. The first-order chi connectivity index (χ1) is 7.00. The van der Waals surface area contributed by atoms with Crippen LogP contribution < -0.4 is 5.73 Å². The number of rotatable bonds is 2. The fraction of sp³-hybridized carbons (Fsp3) is 0.500. The van der Waals surface area contributed by atoms with E-state index in [1.165, 1.54) is 15.6 Å². The first kappa shape index (κ1) is 14.4. The van der Waals surface area contributed by atoms with Gasteiger partial charge in [-0.15, -0.1) is 23.7 Å². The van der Waals surface area contributed by atoms with Gasteiger partial charge in [0.15, 0.2) is 0 Å². The molecule has 1 aromatic rings. The summed E-state index contributed by atoms with van der Waals surface area (Å²) in [5, 5.41) is 0. The van der Waals surface area contributed by atoms with Gasteiger partial charge >= 0.3 is 0 Å². The number of halogens is 2. The summed E-state index contributed by atoms with van der Waals surface area (Å²) in [6, 6.07) is 3.34. The highest BCUT2D eigenvalue weighted by atomic mass is 79.9. The zero-order chi connectivity index (χ0) is 11.1. The number of hydrogen-bond donors (Lipinski definition) is 1. The van der Waals surface area contributed by atoms with Crippen molar-refractivity contribution in [2.75, 3.05) is 13.1 Å². The van der Waals surface area contributed by atoms with Crippen LogP contribution in [-0.4, -0.2) is 31.9 Å². The van der Waals surface area contributed by atoms with Gasteiger partial charge < -0.3 is 5.73 Å². The van der Waals surface area contributed by atoms with Crippen molar-refractivity contribution in [3.8, 4) is 0 Å². The van der Waals surface area contributed by atoms with E-state index in [0.29, 0.717) is 17.3 Å². The molecule has 1 atom stereocenters. The largest absolute Gasteiger partial charge is 0.326 e. The van der Waals surface area contributed by atoms with Crippen LogP contribution in [0.2, 0.25) is 0 Å². The molecule has 92 valence electrons. The maximum absolute atomic E-state index is 12.1. The molecule has 1 aromatic heterocycles. The lowest BCUT2D eigenvalue weighted by molar-refractivity contribution is 0.474. The third-order valence-corrected chi connectivity index (χ3v) is 6.29. The molecule has 1 saturated heterocycles. The molecule has 0 radical (unpaired) electrons. The molecule has 8 heteroatoms. The van der Waals surface area contributed by atoms with Crippen molar-refractivity contribution >= 4 is 49.7 Å². The highest BCUT2D eigenvalue weighted by Crippen LogP contribution is 2.29. The van der Waals surface area contributed by atoms with Crippen LogP contribution in [0.3, 0.4) is 0 Å². The zero-order valence-electron chi connectivity index (χ0n) is 8.30. The van der Waals surface area contributed by atoms with Gasteiger partial charge in [-0.3, -0.25) is 0 Å². The third-order valence-electron chi connectivity index (χ3n) is 2.33. The van der Waals surface area contributed by atoms with Crippen LogP contribution in [0.25, 0.3) is 0 Å². The van der Waals surface area contributed by atoms with E-state index in [1.807, 2.05) is 0 Å². The number of nitrogens with two attached hydrogens (primary N) is 1. The van der Waals surface area contributed by atoms with Gasteiger partial charge in [0, 0.05) is 19.1 Å². The molecular weight excluding hydrogens is 336 g/mol. The molecule has 4 nitrogen and oxygen atoms in total. The Morgan fingerprint density at radius 3 is 2.62 bits per heavy atom. The lowest BCUT2D eigenvalue weighted by Crippen LogP contribution is -2.31. The lowest BCUT2D eigenvalue weighted by Gasteiger charge is -2.13. The summed E-state index contributed by atoms with van der Waals surface area (Å²) in [5.74, 6) is 0. The molecule has 0 aliphatic carbocycles. The number of nitrogens with zero attached hydrogens (tertiary/aromatic N) is 1. The second-order valence-corrected chi connectivity index (χ2v) is 8.10. The molecule has 0 saturated carbocycles. The molecule has 1 fully saturated rings. The Kier molecular flexibility index (Phi) is 4.79. The molecular formula is C8H12BrClN2O2S2. The monoisotopic (exact) mass is 346 g/mol. The molecule has 16 heavy (non-hydrogen) atoms. The molecule has 0 aromatic carbocycles. The van der Waals surface area contributed by atoms with Crippen LogP contribution in [0, 0.1) is 0 Å². The van der Waals surface area contributed by atoms with Crippen LogP contribution in [-0.2, 0) is 10.0 Å². The van der Waals surface area contributed by atoms with Crippen molar-refractivity contribution in [2.45, 2.75) is 16.7 Å². The smallest absolute Gasteiger partial charge is 0.252 e. The summed E-state index contributed by atoms with van der Waals surface area (Å²) < 4.78 is 26.8. The minimum atomic E-state index is -3.31. The van der Waals surface area contributed by atoms with E-state index < -0.39 is 10.0 Å². The summed E-state index contributed by atoms with van der Waals surface area (Å²) in [7, 11) is -3.31. The summed E-state index contributed by atoms with van der Waals surface area (Å²) in [6.45, 7) is 0.955. The summed E-state index contributed by atoms with van der Waals surface area (Å²) >= 11 is 4.48. The van der Waals surface area contributed by atoms with Gasteiger partial charge in [-0.2, -0.15) is 4.31 Å². The van der Waals surface area contributed by atoms with E-state index in [1.54, 1.807) is 12.1 Å². The predicted molar refractivity (Wildman–Crippen MR) is 70.6 cm³/mol. The fourth-order valence-corrected chi connectivity index (χ4v) is 5.21. The van der Waals surface area contributed by atoms with Crippen LogP contribution in [0.15, 0.2) is 20.1 Å². The Morgan fingerprint density at radius 2 is 2.19 bits per heavy atom. The van der Waals surface area contributed by atoms with Crippen molar-refractivity contribution in [2.24, 2.45) is 5.73 Å². The van der Waals surface area contributed by atoms with Crippen LogP contribution in [0.5, 0.6) is 0 Å². The molecule has 1 aliphatic rings. The predicted octanol–water partition coefficient (Wildman–Crippen LogP) is 1.65. The Bertz CT molecular complexity index is 462. The Labute approximate surface area is 113 Å². The topological polar surface area (TPSA) is 63.4 Å². The second-order valence-electron chi connectivity index (χ2n) is 3.47. The minimum Gasteiger partial charge on any atom is -0.326 e. The molecule has 2 rings (SSSR count). The number of sulfonamides is 1. The van der Waals surface area contributed by atoms with Crippen molar-refractivity contribution in [1.29, 1.82) is 0 Å². The van der Waals surface area contributed by atoms with Gasteiger partial charge in [0.1, 0.15) is 4.21 Å². The average molecular weight is 348 g/mol. The van der Waals surface area contributed by atoms with Crippen LogP contribution >= 0.6 is 39.7 Å². The zero-order valence-corrected chi connectivity index (χ0v) is 12.3. The van der Waals surface area contributed by atoms with Crippen molar-refractivity contribution < 1.29 is 8.42 Å². The maximum atomic E-state index is 12.1. The van der Waals surface area contributed by atoms with Crippen molar-refractivity contribution in [3.63, 3.8) is 0 Å². The Hall–Kier alpha value is 0.340. The van der Waals surface area contributed by atoms with E-state index in [4.69, 9.17) is 5.73 Å². The van der Waals surface area contributed by atoms with Gasteiger partial charge in [-0.25, -0.2) is 8.42 Å². The van der Waals surface area contributed by atoms with Crippen molar-refractivity contribution in [3.05, 3.63) is 15.9 Å². The van der Waals surface area contributed by atoms with Crippen LogP contribution in [0.1, 0.15) is 6.42 Å². The van der Waals surface area contributed by atoms with Gasteiger partial charge in [0.05, 0.1) is 3.79 Å². The fourth-order valence-electron chi connectivity index (χ4n) is 1.54. The summed E-state index contributed by atoms with van der Waals surface area (Å²) in [5.41, 5.74) is 5.69. The van der Waals surface area contributed by atoms with E-state index >= 15 is 0 Å². The van der Waals surface area contributed by atoms with Crippen molar-refractivity contribution in [1.82, 2.24) is 4.31 Å². The molecule has 0 bridgehead atoms. The van der Waals surface area contributed by atoms with E-state index in [0.717, 1.165) is 10.2 Å². The Morgan fingerprint density at radius 1 is 1.50 bits per heavy atom. The third kappa shape index (κ3) is 2.77. The Balaban J connectivity index is 0.00000128. The number of hydrogen-bond acceptors (Lipinski definition) is 4. The molecule has 1 unspecified atom stereocenters. The molecule has 0 spiro atoms. The minimum absolute atomic E-state index is 0. The summed E-state index contributed by atoms with van der Waals surface area (Å²) in [4.78, 5) is 0. The number of thiophene rings is 1. The highest BCUT2D eigenvalue weighted by molar-refractivity contribution is 9.11. The first-order valence-corrected chi connectivity index (χ1v) is 7.56. The van der Waals surface area contributed by atoms with Gasteiger partial charge in [0.2, 0.25) is 0 Å². The summed E-state index contributed by atoms with van der Waals surface area (Å²) in [6.07, 6.45) is 0.742. The highest BCUT2D eigenvalue weighted by Gasteiger charge is 2.31. The molecule has 1 aliphatic heterocycles. The van der Waals surface area contributed by atoms with E-state index in [9.17, 15) is 8.42 Å². The molecule has 0 amide bonds. The standard InChI is InChI=1S/C8H11BrN2O2S2.ClH/c9-7-1-2-8(14-7)15(12,13)11-4-3-6(10)5-11;/h1-2,6H,3-5,10H2;1H. The molecule has 2 heterocycles. The normalized spacial score (nSPS) is 22.0. The second kappa shape index (κ2) is 5.32. The van der Waals surface area contributed by atoms with Gasteiger partial charge in [0.25, 0.3) is 10.0 Å². The van der Waals surface area contributed by atoms with E-state index in [-0.39, 0.29) is 18.4 Å². The van der Waals surface area contributed by atoms with Gasteiger partial charge in [-0.1, -0.05) is 0 Å².